The zero-order chi connectivity index (χ0) is 18.6. The van der Waals surface area contributed by atoms with Crippen LogP contribution in [0.4, 0.5) is 11.4 Å². The molecule has 0 radical (unpaired) electrons. The third-order valence-electron chi connectivity index (χ3n) is 3.50. The lowest BCUT2D eigenvalue weighted by Crippen LogP contribution is -2.15. The number of hydrogen-bond acceptors (Lipinski definition) is 5. The monoisotopic (exact) mass is 344 g/mol. The van der Waals surface area contributed by atoms with Crippen molar-refractivity contribution in [3.8, 4) is 11.5 Å². The number of anilines is 1. The molecule has 7 nitrogen and oxygen atoms in total. The van der Waals surface area contributed by atoms with Crippen LogP contribution in [0.5, 0.6) is 11.5 Å². The molecule has 132 valence electrons. The standard InChI is InChI=1S/C18H20N2O5/c1-5-25-17-9-14(15(20(22)23)10-16(17)24-4)18(21)19-13-7-11(2)6-12(3)8-13/h6-10H,5H2,1-4H3,(H,19,21). The van der Waals surface area contributed by atoms with Crippen molar-refractivity contribution in [2.45, 2.75) is 20.8 Å². The van der Waals surface area contributed by atoms with Gasteiger partial charge < -0.3 is 14.8 Å². The van der Waals surface area contributed by atoms with Crippen molar-refractivity contribution in [3.63, 3.8) is 0 Å². The van der Waals surface area contributed by atoms with E-state index in [9.17, 15) is 14.9 Å². The van der Waals surface area contributed by atoms with Crippen LogP contribution in [0, 0.1) is 24.0 Å². The normalized spacial score (nSPS) is 10.2. The van der Waals surface area contributed by atoms with Crippen LogP contribution in [0.3, 0.4) is 0 Å². The van der Waals surface area contributed by atoms with E-state index >= 15 is 0 Å². The van der Waals surface area contributed by atoms with Crippen LogP contribution in [-0.2, 0) is 0 Å². The molecule has 0 saturated heterocycles. The van der Waals surface area contributed by atoms with Crippen LogP contribution in [0.15, 0.2) is 30.3 Å². The van der Waals surface area contributed by atoms with E-state index in [-0.39, 0.29) is 22.7 Å². The molecule has 1 amide bonds. The average molecular weight is 344 g/mol. The topological polar surface area (TPSA) is 90.7 Å². The summed E-state index contributed by atoms with van der Waals surface area (Å²) in [5.41, 5.74) is 2.10. The first-order chi connectivity index (χ1) is 11.8. The summed E-state index contributed by atoms with van der Waals surface area (Å²) in [6.07, 6.45) is 0. The fourth-order valence-electron chi connectivity index (χ4n) is 2.56. The van der Waals surface area contributed by atoms with Gasteiger partial charge in [0.15, 0.2) is 11.5 Å². The van der Waals surface area contributed by atoms with Gasteiger partial charge in [0.05, 0.1) is 24.7 Å². The van der Waals surface area contributed by atoms with Crippen LogP contribution in [0.1, 0.15) is 28.4 Å². The largest absolute Gasteiger partial charge is 0.493 e. The number of hydrogen-bond donors (Lipinski definition) is 1. The number of benzene rings is 2. The summed E-state index contributed by atoms with van der Waals surface area (Å²) >= 11 is 0. The van der Waals surface area contributed by atoms with Crippen LogP contribution in [0.25, 0.3) is 0 Å². The molecule has 0 fully saturated rings. The Hall–Kier alpha value is -3.09. The van der Waals surface area contributed by atoms with Crippen LogP contribution < -0.4 is 14.8 Å². The number of nitrogens with one attached hydrogen (secondary N) is 1. The number of rotatable bonds is 6. The van der Waals surface area contributed by atoms with E-state index in [1.807, 2.05) is 19.9 Å². The maximum absolute atomic E-state index is 12.6. The predicted octanol–water partition coefficient (Wildman–Crippen LogP) is 3.87. The molecule has 0 saturated carbocycles. The molecule has 25 heavy (non-hydrogen) atoms. The van der Waals surface area contributed by atoms with Crippen molar-refractivity contribution < 1.29 is 19.2 Å². The summed E-state index contributed by atoms with van der Waals surface area (Å²) in [7, 11) is 1.39. The lowest BCUT2D eigenvalue weighted by atomic mass is 10.1. The second-order valence-electron chi connectivity index (χ2n) is 5.54. The summed E-state index contributed by atoms with van der Waals surface area (Å²) in [5, 5.41) is 14.1. The van der Waals surface area contributed by atoms with Crippen molar-refractivity contribution >= 4 is 17.3 Å². The highest BCUT2D eigenvalue weighted by atomic mass is 16.6. The lowest BCUT2D eigenvalue weighted by Gasteiger charge is -2.12. The van der Waals surface area contributed by atoms with Gasteiger partial charge in [-0.05, 0) is 44.0 Å². The predicted molar refractivity (Wildman–Crippen MR) is 94.7 cm³/mol. The Morgan fingerprint density at radius 1 is 1.12 bits per heavy atom. The Bertz CT molecular complexity index is 797. The highest BCUT2D eigenvalue weighted by molar-refractivity contribution is 6.07. The van der Waals surface area contributed by atoms with E-state index in [4.69, 9.17) is 9.47 Å². The minimum Gasteiger partial charge on any atom is -0.493 e. The first kappa shape index (κ1) is 18.3. The Morgan fingerprint density at radius 2 is 1.76 bits per heavy atom. The van der Waals surface area contributed by atoms with Gasteiger partial charge in [0.25, 0.3) is 11.6 Å². The van der Waals surface area contributed by atoms with Crippen LogP contribution in [-0.4, -0.2) is 24.5 Å². The molecule has 0 spiro atoms. The summed E-state index contributed by atoms with van der Waals surface area (Å²) in [6, 6.07) is 8.09. The zero-order valence-corrected chi connectivity index (χ0v) is 14.6. The lowest BCUT2D eigenvalue weighted by molar-refractivity contribution is -0.385. The van der Waals surface area contributed by atoms with Gasteiger partial charge >= 0.3 is 0 Å². The van der Waals surface area contributed by atoms with E-state index < -0.39 is 10.8 Å². The van der Waals surface area contributed by atoms with Gasteiger partial charge in [-0.25, -0.2) is 0 Å². The quantitative estimate of drug-likeness (QED) is 0.634. The smallest absolute Gasteiger partial charge is 0.286 e. The second kappa shape index (κ2) is 7.65. The van der Waals surface area contributed by atoms with Gasteiger partial charge in [0, 0.05) is 11.8 Å². The number of amides is 1. The zero-order valence-electron chi connectivity index (χ0n) is 14.6. The number of nitro benzene ring substituents is 1. The molecular weight excluding hydrogens is 324 g/mol. The summed E-state index contributed by atoms with van der Waals surface area (Å²) in [4.78, 5) is 23.3. The fourth-order valence-corrected chi connectivity index (χ4v) is 2.56. The fraction of sp³-hybridized carbons (Fsp3) is 0.278. The SMILES string of the molecule is CCOc1cc(C(=O)Nc2cc(C)cc(C)c2)c([N+](=O)[O-])cc1OC. The Morgan fingerprint density at radius 3 is 2.28 bits per heavy atom. The minimum atomic E-state index is -0.616. The van der Waals surface area contributed by atoms with Gasteiger partial charge in [-0.2, -0.15) is 0 Å². The van der Waals surface area contributed by atoms with Gasteiger partial charge in [-0.15, -0.1) is 0 Å². The maximum Gasteiger partial charge on any atom is 0.286 e. The number of methoxy groups -OCH3 is 1. The summed E-state index contributed by atoms with van der Waals surface area (Å²) in [6.45, 7) is 5.93. The molecule has 0 aromatic heterocycles. The molecule has 0 heterocycles. The van der Waals surface area contributed by atoms with E-state index in [1.54, 1.807) is 19.1 Å². The number of carbonyl (C=O) groups is 1. The molecule has 0 aliphatic heterocycles. The first-order valence-electron chi connectivity index (χ1n) is 7.74. The van der Waals surface area contributed by atoms with Crippen molar-refractivity contribution in [3.05, 3.63) is 57.1 Å². The Kier molecular flexibility index (Phi) is 5.59. The minimum absolute atomic E-state index is 0.0894. The first-order valence-corrected chi connectivity index (χ1v) is 7.74. The van der Waals surface area contributed by atoms with Crippen molar-refractivity contribution in [1.29, 1.82) is 0 Å². The van der Waals surface area contributed by atoms with Crippen LogP contribution in [0.2, 0.25) is 0 Å². The molecule has 2 aromatic carbocycles. The maximum atomic E-state index is 12.6. The molecule has 0 aliphatic rings. The highest BCUT2D eigenvalue weighted by Crippen LogP contribution is 2.35. The van der Waals surface area contributed by atoms with E-state index in [2.05, 4.69) is 5.32 Å². The Balaban J connectivity index is 2.46. The Labute approximate surface area is 145 Å². The average Bonchev–Trinajstić information content (AvgIpc) is 2.53. The van der Waals surface area contributed by atoms with Gasteiger partial charge in [-0.3, -0.25) is 14.9 Å². The number of aryl methyl sites for hydroxylation is 2. The summed E-state index contributed by atoms with van der Waals surface area (Å²) in [5.74, 6) is -0.0991. The molecule has 0 unspecified atom stereocenters. The molecule has 7 heteroatoms. The van der Waals surface area contributed by atoms with E-state index in [0.29, 0.717) is 12.3 Å². The van der Waals surface area contributed by atoms with Crippen LogP contribution >= 0.6 is 0 Å². The molecule has 1 N–H and O–H groups in total. The molecular formula is C18H20N2O5. The van der Waals surface area contributed by atoms with Gasteiger partial charge in [-0.1, -0.05) is 6.07 Å². The number of nitro groups is 1. The second-order valence-corrected chi connectivity index (χ2v) is 5.54. The van der Waals surface area contributed by atoms with Crippen molar-refractivity contribution in [2.24, 2.45) is 0 Å². The highest BCUT2D eigenvalue weighted by Gasteiger charge is 2.25. The molecule has 0 bridgehead atoms. The number of ether oxygens (including phenoxy) is 2. The van der Waals surface area contributed by atoms with Gasteiger partial charge in [0.2, 0.25) is 0 Å². The molecule has 2 aromatic rings. The van der Waals surface area contributed by atoms with Crippen molar-refractivity contribution in [1.82, 2.24) is 0 Å². The van der Waals surface area contributed by atoms with Gasteiger partial charge in [0.1, 0.15) is 5.56 Å². The third kappa shape index (κ3) is 4.26. The molecule has 2 rings (SSSR count). The molecule has 0 aliphatic carbocycles. The third-order valence-corrected chi connectivity index (χ3v) is 3.50. The van der Waals surface area contributed by atoms with E-state index in [0.717, 1.165) is 11.1 Å². The van der Waals surface area contributed by atoms with E-state index in [1.165, 1.54) is 19.2 Å². The van der Waals surface area contributed by atoms with Crippen molar-refractivity contribution in [2.75, 3.05) is 19.0 Å². The number of nitrogens with zero attached hydrogens (tertiary/aromatic N) is 1. The molecule has 0 atom stereocenters. The number of carbonyl (C=O) groups excluding carboxylic acids is 1. The summed E-state index contributed by atoms with van der Waals surface area (Å²) < 4.78 is 10.5.